The first-order chi connectivity index (χ1) is 17.9. The fourth-order valence-corrected chi connectivity index (χ4v) is 5.45. The third-order valence-electron chi connectivity index (χ3n) is 6.23. The van der Waals surface area contributed by atoms with Crippen LogP contribution in [-0.2, 0) is 24.9 Å². The zero-order chi connectivity index (χ0) is 26.1. The molecule has 0 aliphatic carbocycles. The molecule has 1 aromatic heterocycles. The molecule has 3 aromatic rings. The number of benzene rings is 2. The molecule has 0 saturated carbocycles. The van der Waals surface area contributed by atoms with Gasteiger partial charge in [0.05, 0.1) is 11.4 Å². The molecule has 1 N–H and O–H groups in total. The summed E-state index contributed by atoms with van der Waals surface area (Å²) in [4.78, 5) is 28.2. The number of fused-ring (bicyclic) bond motifs is 1. The van der Waals surface area contributed by atoms with Crippen molar-refractivity contribution in [2.45, 2.75) is 20.0 Å². The molecule has 2 aliphatic heterocycles. The highest BCUT2D eigenvalue weighted by molar-refractivity contribution is 8.26. The molecule has 0 radical (unpaired) electrons. The zero-order valence-corrected chi connectivity index (χ0v) is 21.7. The van der Waals surface area contributed by atoms with Crippen molar-refractivity contribution in [1.29, 1.82) is 5.26 Å². The minimum absolute atomic E-state index is 0.0298. The predicted molar refractivity (Wildman–Crippen MR) is 146 cm³/mol. The summed E-state index contributed by atoms with van der Waals surface area (Å²) in [5, 5.41) is 13.0. The third kappa shape index (κ3) is 4.71. The molecular weight excluding hydrogens is 508 g/mol. The lowest BCUT2D eigenvalue weighted by atomic mass is 10.0. The summed E-state index contributed by atoms with van der Waals surface area (Å²) in [6.45, 7) is 2.64. The quantitative estimate of drug-likeness (QED) is 0.372. The highest BCUT2D eigenvalue weighted by Gasteiger charge is 2.32. The van der Waals surface area contributed by atoms with Crippen molar-refractivity contribution in [1.82, 2.24) is 9.47 Å². The Balaban J connectivity index is 1.50. The number of carbonyl (C=O) groups excluding carboxylic acids is 1. The van der Waals surface area contributed by atoms with Crippen LogP contribution in [0.25, 0.3) is 6.08 Å². The highest BCUT2D eigenvalue weighted by atomic mass is 32.2. The maximum absolute atomic E-state index is 13.3. The second-order valence-corrected chi connectivity index (χ2v) is 10.2. The van der Waals surface area contributed by atoms with E-state index in [1.165, 1.54) is 16.3 Å². The Hall–Kier alpha value is -4.07. The average Bonchev–Trinajstić information content (AvgIpc) is 3.47. The number of thiocarbonyl (C=S) groups is 1. The smallest absolute Gasteiger partial charge is 0.270 e. The van der Waals surface area contributed by atoms with Crippen LogP contribution in [0.5, 0.6) is 11.5 Å². The van der Waals surface area contributed by atoms with Crippen molar-refractivity contribution in [2.75, 3.05) is 12.1 Å². The summed E-state index contributed by atoms with van der Waals surface area (Å²) >= 11 is 6.71. The van der Waals surface area contributed by atoms with Gasteiger partial charge in [-0.15, -0.1) is 0 Å². The van der Waals surface area contributed by atoms with Crippen molar-refractivity contribution in [3.05, 3.63) is 91.6 Å². The summed E-state index contributed by atoms with van der Waals surface area (Å²) in [5.41, 5.74) is 2.57. The molecule has 8 nitrogen and oxygen atoms in total. The largest absolute Gasteiger partial charge is 0.454 e. The van der Waals surface area contributed by atoms with Crippen LogP contribution in [0.3, 0.4) is 0 Å². The zero-order valence-electron chi connectivity index (χ0n) is 20.1. The van der Waals surface area contributed by atoms with Crippen molar-refractivity contribution in [3.63, 3.8) is 0 Å². The molecular formula is C27H22N4O4S2. The van der Waals surface area contributed by atoms with Crippen LogP contribution in [0.2, 0.25) is 0 Å². The van der Waals surface area contributed by atoms with Crippen molar-refractivity contribution >= 4 is 46.1 Å². The molecule has 0 atom stereocenters. The standard InChI is InChI=1S/C27H22N4O4S2/c1-16-19(11-23-26(33)31(27(36)37-23)14-17-6-4-3-5-7-17)24(30(2)25(32)20(16)12-28)29-13-18-8-9-21-22(10-18)35-15-34-21/h3-11,29H,13-15H2,1-2H3/b23-11+. The number of rotatable bonds is 6. The van der Waals surface area contributed by atoms with Crippen LogP contribution in [0.15, 0.2) is 58.2 Å². The van der Waals surface area contributed by atoms with Gasteiger partial charge in [0.15, 0.2) is 11.5 Å². The van der Waals surface area contributed by atoms with Crippen LogP contribution in [0.1, 0.15) is 27.8 Å². The van der Waals surface area contributed by atoms with Crippen molar-refractivity contribution < 1.29 is 14.3 Å². The lowest BCUT2D eigenvalue weighted by Gasteiger charge is -2.18. The minimum atomic E-state index is -0.415. The first-order valence-corrected chi connectivity index (χ1v) is 12.6. The van der Waals surface area contributed by atoms with Gasteiger partial charge in [-0.1, -0.05) is 60.4 Å². The van der Waals surface area contributed by atoms with E-state index in [2.05, 4.69) is 5.32 Å². The van der Waals surface area contributed by atoms with Crippen molar-refractivity contribution in [2.24, 2.45) is 7.05 Å². The minimum Gasteiger partial charge on any atom is -0.454 e. The number of nitrogens with zero attached hydrogens (tertiary/aromatic N) is 3. The number of hydrogen-bond donors (Lipinski definition) is 1. The summed E-state index contributed by atoms with van der Waals surface area (Å²) in [6, 6.07) is 17.3. The monoisotopic (exact) mass is 530 g/mol. The van der Waals surface area contributed by atoms with Crippen LogP contribution in [0.4, 0.5) is 5.82 Å². The molecule has 1 saturated heterocycles. The Morgan fingerprint density at radius 2 is 1.89 bits per heavy atom. The number of aromatic nitrogens is 1. The molecule has 3 heterocycles. The van der Waals surface area contributed by atoms with Gasteiger partial charge >= 0.3 is 0 Å². The van der Waals surface area contributed by atoms with Crippen LogP contribution in [0, 0.1) is 18.3 Å². The van der Waals surface area contributed by atoms with Crippen LogP contribution in [-0.4, -0.2) is 26.5 Å². The van der Waals surface area contributed by atoms with Gasteiger partial charge in [-0.25, -0.2) is 0 Å². The Morgan fingerprint density at radius 1 is 1.14 bits per heavy atom. The van der Waals surface area contributed by atoms with E-state index in [1.54, 1.807) is 24.9 Å². The fraction of sp³-hybridized carbons (Fsp3) is 0.185. The third-order valence-corrected chi connectivity index (χ3v) is 7.61. The topological polar surface area (TPSA) is 96.6 Å². The van der Waals surface area contributed by atoms with Gasteiger partial charge in [0.25, 0.3) is 11.5 Å². The number of amides is 1. The van der Waals surface area contributed by atoms with Gasteiger partial charge in [-0.3, -0.25) is 19.1 Å². The van der Waals surface area contributed by atoms with E-state index in [0.717, 1.165) is 11.1 Å². The molecule has 2 aromatic carbocycles. The molecule has 186 valence electrons. The second-order valence-electron chi connectivity index (χ2n) is 8.53. The van der Waals surface area contributed by atoms with E-state index >= 15 is 0 Å². The molecule has 37 heavy (non-hydrogen) atoms. The summed E-state index contributed by atoms with van der Waals surface area (Å²) in [7, 11) is 1.60. The van der Waals surface area contributed by atoms with E-state index in [0.29, 0.717) is 50.8 Å². The Labute approximate surface area is 223 Å². The van der Waals surface area contributed by atoms with E-state index in [4.69, 9.17) is 21.7 Å². The highest BCUT2D eigenvalue weighted by Crippen LogP contribution is 2.36. The first-order valence-electron chi connectivity index (χ1n) is 11.4. The molecule has 0 spiro atoms. The predicted octanol–water partition coefficient (Wildman–Crippen LogP) is 4.31. The van der Waals surface area contributed by atoms with Crippen LogP contribution < -0.4 is 20.3 Å². The van der Waals surface area contributed by atoms with E-state index in [-0.39, 0.29) is 18.3 Å². The number of thioether (sulfide) groups is 1. The van der Waals surface area contributed by atoms with E-state index in [1.807, 2.05) is 54.6 Å². The van der Waals surface area contributed by atoms with E-state index in [9.17, 15) is 14.9 Å². The summed E-state index contributed by atoms with van der Waals surface area (Å²) < 4.78 is 12.7. The van der Waals surface area contributed by atoms with Crippen molar-refractivity contribution in [3.8, 4) is 17.6 Å². The molecule has 10 heteroatoms. The van der Waals surface area contributed by atoms with Gasteiger partial charge in [0.1, 0.15) is 21.8 Å². The molecule has 1 amide bonds. The van der Waals surface area contributed by atoms with Gasteiger partial charge in [0.2, 0.25) is 6.79 Å². The van der Waals surface area contributed by atoms with E-state index < -0.39 is 5.56 Å². The number of ether oxygens (including phenoxy) is 2. The van der Waals surface area contributed by atoms with Crippen LogP contribution >= 0.6 is 24.0 Å². The SMILES string of the molecule is Cc1c(/C=C2/SC(=S)N(Cc3ccccc3)C2=O)c(NCc2ccc3c(c2)OCO3)n(C)c(=O)c1C#N. The maximum Gasteiger partial charge on any atom is 0.270 e. The number of nitrogens with one attached hydrogen (secondary N) is 1. The molecule has 0 unspecified atom stereocenters. The lowest BCUT2D eigenvalue weighted by Crippen LogP contribution is -2.27. The molecule has 2 aliphatic rings. The Bertz CT molecular complexity index is 1560. The fourth-order valence-electron chi connectivity index (χ4n) is 4.21. The normalized spacial score (nSPS) is 15.4. The second kappa shape index (κ2) is 10.1. The van der Waals surface area contributed by atoms with Gasteiger partial charge in [-0.05, 0) is 41.8 Å². The molecule has 0 bridgehead atoms. The summed E-state index contributed by atoms with van der Waals surface area (Å²) in [5.74, 6) is 1.62. The first kappa shape index (κ1) is 24.6. The Kier molecular flexibility index (Phi) is 6.74. The van der Waals surface area contributed by atoms with Gasteiger partial charge in [-0.2, -0.15) is 5.26 Å². The number of carbonyl (C=O) groups is 1. The number of pyridine rings is 1. The molecule has 5 rings (SSSR count). The average molecular weight is 531 g/mol. The summed E-state index contributed by atoms with van der Waals surface area (Å²) in [6.07, 6.45) is 1.71. The number of hydrogen-bond acceptors (Lipinski definition) is 8. The van der Waals surface area contributed by atoms with Gasteiger partial charge in [0, 0.05) is 19.2 Å². The maximum atomic E-state index is 13.3. The van der Waals surface area contributed by atoms with Gasteiger partial charge < -0.3 is 14.8 Å². The molecule has 1 fully saturated rings. The lowest BCUT2D eigenvalue weighted by molar-refractivity contribution is -0.122. The number of nitriles is 1. The number of anilines is 1. The Morgan fingerprint density at radius 3 is 2.65 bits per heavy atom.